The molecule has 1 fully saturated rings. The Balaban J connectivity index is 1.47. The summed E-state index contributed by atoms with van der Waals surface area (Å²) >= 11 is 0. The van der Waals surface area contributed by atoms with Crippen LogP contribution >= 0.6 is 0 Å². The van der Waals surface area contributed by atoms with E-state index in [1.165, 1.54) is 5.69 Å². The van der Waals surface area contributed by atoms with Gasteiger partial charge < -0.3 is 15.5 Å². The third kappa shape index (κ3) is 7.10. The number of para-hydroxylation sites is 1. The first kappa shape index (κ1) is 22.8. The smallest absolute Gasteiger partial charge is 0.247 e. The highest BCUT2D eigenvalue weighted by molar-refractivity contribution is 5.88. The SMILES string of the molecule is CC(C)CC(=O)NC(C(=O)NCCN1CCN(c2ccccc2)CC1)c1ccccc1. The van der Waals surface area contributed by atoms with E-state index in [-0.39, 0.29) is 17.7 Å². The van der Waals surface area contributed by atoms with E-state index < -0.39 is 6.04 Å². The summed E-state index contributed by atoms with van der Waals surface area (Å²) in [5.41, 5.74) is 2.06. The first-order valence-electron chi connectivity index (χ1n) is 11.2. The topological polar surface area (TPSA) is 64.7 Å². The van der Waals surface area contributed by atoms with E-state index >= 15 is 0 Å². The Bertz CT molecular complexity index is 818. The summed E-state index contributed by atoms with van der Waals surface area (Å²) in [7, 11) is 0. The average Bonchev–Trinajstić information content (AvgIpc) is 2.78. The van der Waals surface area contributed by atoms with Crippen LogP contribution in [0.4, 0.5) is 5.69 Å². The number of anilines is 1. The number of benzene rings is 2. The summed E-state index contributed by atoms with van der Waals surface area (Å²) in [4.78, 5) is 30.0. The van der Waals surface area contributed by atoms with Crippen LogP contribution in [0.15, 0.2) is 60.7 Å². The second-order valence-corrected chi connectivity index (χ2v) is 8.46. The fourth-order valence-electron chi connectivity index (χ4n) is 3.84. The third-order valence-corrected chi connectivity index (χ3v) is 5.51. The molecule has 31 heavy (non-hydrogen) atoms. The molecule has 1 unspecified atom stereocenters. The Morgan fingerprint density at radius 2 is 1.52 bits per heavy atom. The van der Waals surface area contributed by atoms with Crippen LogP contribution in [0.25, 0.3) is 0 Å². The van der Waals surface area contributed by atoms with E-state index in [0.29, 0.717) is 13.0 Å². The number of carbonyl (C=O) groups excluding carboxylic acids is 2. The van der Waals surface area contributed by atoms with Crippen LogP contribution in [0.1, 0.15) is 31.9 Å². The Labute approximate surface area is 185 Å². The lowest BCUT2D eigenvalue weighted by Crippen LogP contribution is -2.49. The molecule has 0 aromatic heterocycles. The van der Waals surface area contributed by atoms with Crippen molar-refractivity contribution in [2.45, 2.75) is 26.3 Å². The summed E-state index contributed by atoms with van der Waals surface area (Å²) in [5, 5.41) is 5.93. The van der Waals surface area contributed by atoms with E-state index in [2.05, 4.69) is 44.7 Å². The van der Waals surface area contributed by atoms with Crippen molar-refractivity contribution in [1.82, 2.24) is 15.5 Å². The maximum atomic E-state index is 12.9. The minimum Gasteiger partial charge on any atom is -0.369 e. The summed E-state index contributed by atoms with van der Waals surface area (Å²) in [6, 6.07) is 19.2. The first-order valence-corrected chi connectivity index (χ1v) is 11.2. The van der Waals surface area contributed by atoms with E-state index in [4.69, 9.17) is 0 Å². The van der Waals surface area contributed by atoms with Crippen molar-refractivity contribution in [1.29, 1.82) is 0 Å². The van der Waals surface area contributed by atoms with Gasteiger partial charge in [-0.3, -0.25) is 14.5 Å². The monoisotopic (exact) mass is 422 g/mol. The van der Waals surface area contributed by atoms with Gasteiger partial charge in [-0.15, -0.1) is 0 Å². The molecule has 0 spiro atoms. The van der Waals surface area contributed by atoms with Crippen LogP contribution in [0.2, 0.25) is 0 Å². The zero-order chi connectivity index (χ0) is 22.1. The number of nitrogens with one attached hydrogen (secondary N) is 2. The second kappa shape index (κ2) is 11.5. The van der Waals surface area contributed by atoms with E-state index in [9.17, 15) is 9.59 Å². The lowest BCUT2D eigenvalue weighted by Gasteiger charge is -2.36. The highest BCUT2D eigenvalue weighted by Gasteiger charge is 2.23. The number of rotatable bonds is 9. The Morgan fingerprint density at radius 3 is 2.13 bits per heavy atom. The van der Waals surface area contributed by atoms with Gasteiger partial charge in [-0.05, 0) is 23.6 Å². The lowest BCUT2D eigenvalue weighted by atomic mass is 10.0. The fourth-order valence-corrected chi connectivity index (χ4v) is 3.84. The predicted octanol–water partition coefficient (Wildman–Crippen LogP) is 2.83. The maximum absolute atomic E-state index is 12.9. The number of hydrogen-bond donors (Lipinski definition) is 2. The number of amides is 2. The minimum absolute atomic E-state index is 0.101. The van der Waals surface area contributed by atoms with Gasteiger partial charge in [0.05, 0.1) is 0 Å². The van der Waals surface area contributed by atoms with Crippen molar-refractivity contribution in [2.75, 3.05) is 44.2 Å². The summed E-state index contributed by atoms with van der Waals surface area (Å²) in [5.74, 6) is -0.0173. The van der Waals surface area contributed by atoms with Gasteiger partial charge in [-0.1, -0.05) is 62.4 Å². The van der Waals surface area contributed by atoms with Crippen LogP contribution < -0.4 is 15.5 Å². The lowest BCUT2D eigenvalue weighted by molar-refractivity contribution is -0.129. The number of piperazine rings is 1. The maximum Gasteiger partial charge on any atom is 0.247 e. The minimum atomic E-state index is -0.664. The van der Waals surface area contributed by atoms with Crippen molar-refractivity contribution in [2.24, 2.45) is 5.92 Å². The second-order valence-electron chi connectivity index (χ2n) is 8.46. The van der Waals surface area contributed by atoms with Gasteiger partial charge in [0.1, 0.15) is 6.04 Å². The number of carbonyl (C=O) groups is 2. The van der Waals surface area contributed by atoms with Gasteiger partial charge in [-0.2, -0.15) is 0 Å². The highest BCUT2D eigenvalue weighted by Crippen LogP contribution is 2.16. The average molecular weight is 423 g/mol. The van der Waals surface area contributed by atoms with E-state index in [1.54, 1.807) is 0 Å². The summed E-state index contributed by atoms with van der Waals surface area (Å²) in [6.07, 6.45) is 0.405. The Kier molecular flexibility index (Phi) is 8.47. The van der Waals surface area contributed by atoms with Crippen LogP contribution in [0, 0.1) is 5.92 Å². The molecule has 1 aliphatic rings. The largest absolute Gasteiger partial charge is 0.369 e. The summed E-state index contributed by atoms with van der Waals surface area (Å²) in [6.45, 7) is 9.26. The van der Waals surface area contributed by atoms with Crippen LogP contribution in [-0.2, 0) is 9.59 Å². The van der Waals surface area contributed by atoms with Crippen molar-refractivity contribution < 1.29 is 9.59 Å². The quantitative estimate of drug-likeness (QED) is 0.652. The highest BCUT2D eigenvalue weighted by atomic mass is 16.2. The zero-order valence-corrected chi connectivity index (χ0v) is 18.6. The van der Waals surface area contributed by atoms with E-state index in [1.807, 2.05) is 50.2 Å². The molecule has 2 aromatic carbocycles. The van der Waals surface area contributed by atoms with Gasteiger partial charge in [0.15, 0.2) is 0 Å². The first-order chi connectivity index (χ1) is 15.0. The molecule has 2 N–H and O–H groups in total. The molecule has 0 bridgehead atoms. The van der Waals surface area contributed by atoms with Crippen molar-refractivity contribution in [3.8, 4) is 0 Å². The van der Waals surface area contributed by atoms with Gasteiger partial charge in [0.2, 0.25) is 11.8 Å². The molecule has 3 rings (SSSR count). The van der Waals surface area contributed by atoms with Gasteiger partial charge in [-0.25, -0.2) is 0 Å². The molecule has 0 aliphatic carbocycles. The Hall–Kier alpha value is -2.86. The summed E-state index contributed by atoms with van der Waals surface area (Å²) < 4.78 is 0. The molecule has 2 aromatic rings. The van der Waals surface area contributed by atoms with Crippen LogP contribution in [-0.4, -0.2) is 56.0 Å². The van der Waals surface area contributed by atoms with Gasteiger partial charge in [0, 0.05) is 51.4 Å². The fraction of sp³-hybridized carbons (Fsp3) is 0.440. The molecule has 2 amide bonds. The van der Waals surface area contributed by atoms with Crippen molar-refractivity contribution in [3.05, 3.63) is 66.2 Å². The predicted molar refractivity (Wildman–Crippen MR) is 125 cm³/mol. The number of nitrogens with zero attached hydrogens (tertiary/aromatic N) is 2. The third-order valence-electron chi connectivity index (χ3n) is 5.51. The molecule has 1 heterocycles. The Morgan fingerprint density at radius 1 is 0.903 bits per heavy atom. The molecule has 6 nitrogen and oxygen atoms in total. The molecular formula is C25H34N4O2. The molecular weight excluding hydrogens is 388 g/mol. The van der Waals surface area contributed by atoms with Crippen molar-refractivity contribution in [3.63, 3.8) is 0 Å². The molecule has 0 saturated carbocycles. The molecule has 166 valence electrons. The zero-order valence-electron chi connectivity index (χ0n) is 18.6. The molecule has 6 heteroatoms. The van der Waals surface area contributed by atoms with Crippen molar-refractivity contribution >= 4 is 17.5 Å². The van der Waals surface area contributed by atoms with Gasteiger partial charge in [0.25, 0.3) is 0 Å². The van der Waals surface area contributed by atoms with Crippen LogP contribution in [0.3, 0.4) is 0 Å². The molecule has 1 atom stereocenters. The molecule has 1 saturated heterocycles. The van der Waals surface area contributed by atoms with Crippen LogP contribution in [0.5, 0.6) is 0 Å². The molecule has 0 radical (unpaired) electrons. The van der Waals surface area contributed by atoms with Gasteiger partial charge >= 0.3 is 0 Å². The normalized spacial score (nSPS) is 15.5. The molecule has 1 aliphatic heterocycles. The standard InChI is InChI=1S/C25H34N4O2/c1-20(2)19-23(30)27-24(21-9-5-3-6-10-21)25(31)26-13-14-28-15-17-29(18-16-28)22-11-7-4-8-12-22/h3-12,20,24H,13-19H2,1-2H3,(H,26,31)(H,27,30). The van der Waals surface area contributed by atoms with E-state index in [0.717, 1.165) is 38.3 Å². The number of hydrogen-bond acceptors (Lipinski definition) is 4.